The summed E-state index contributed by atoms with van der Waals surface area (Å²) in [6.45, 7) is 1.72. The van der Waals surface area contributed by atoms with E-state index in [9.17, 15) is 5.21 Å². The van der Waals surface area contributed by atoms with E-state index in [2.05, 4.69) is 0 Å². The number of anilines is 2. The van der Waals surface area contributed by atoms with Crippen LogP contribution >= 0.6 is 11.6 Å². The van der Waals surface area contributed by atoms with Crippen molar-refractivity contribution in [2.24, 2.45) is 0 Å². The summed E-state index contributed by atoms with van der Waals surface area (Å²) in [5.41, 5.74) is 6.26. The zero-order chi connectivity index (χ0) is 9.30. The molecule has 0 aliphatic heterocycles. The molecule has 3 N–H and O–H groups in total. The quantitative estimate of drug-likeness (QED) is 0.521. The number of nitrogens with zero attached hydrogens (tertiary/aromatic N) is 1. The van der Waals surface area contributed by atoms with Gasteiger partial charge in [0.05, 0.1) is 11.4 Å². The third kappa shape index (κ3) is 1.61. The van der Waals surface area contributed by atoms with Crippen molar-refractivity contribution in [1.82, 2.24) is 0 Å². The van der Waals surface area contributed by atoms with Crippen LogP contribution in [0.3, 0.4) is 0 Å². The van der Waals surface area contributed by atoms with Crippen LogP contribution in [0.15, 0.2) is 12.1 Å². The lowest BCUT2D eigenvalue weighted by atomic mass is 10.2. The van der Waals surface area contributed by atoms with Crippen LogP contribution in [0.4, 0.5) is 11.4 Å². The molecule has 1 aromatic rings. The second-order valence-corrected chi connectivity index (χ2v) is 2.84. The van der Waals surface area contributed by atoms with Crippen LogP contribution in [0.25, 0.3) is 0 Å². The summed E-state index contributed by atoms with van der Waals surface area (Å²) in [7, 11) is 0. The lowest BCUT2D eigenvalue weighted by molar-refractivity contribution is 0.297. The fourth-order valence-corrected chi connectivity index (χ4v) is 1.02. The van der Waals surface area contributed by atoms with E-state index in [1.807, 2.05) is 0 Å². The molecule has 5 heteroatoms. The molecule has 12 heavy (non-hydrogen) atoms. The zero-order valence-corrected chi connectivity index (χ0v) is 7.17. The number of aryl methyl sites for hydroxylation is 1. The Labute approximate surface area is 74.7 Å². The van der Waals surface area contributed by atoms with E-state index in [1.54, 1.807) is 6.92 Å². The summed E-state index contributed by atoms with van der Waals surface area (Å²) >= 11 is 5.71. The maximum Gasteiger partial charge on any atom is 0.0742 e. The monoisotopic (exact) mass is 187 g/mol. The average Bonchev–Trinajstić information content (AvgIpc) is 1.96. The fraction of sp³-hybridized carbons (Fsp3) is 0.143. The van der Waals surface area contributed by atoms with Crippen LogP contribution < -0.4 is 11.0 Å². The van der Waals surface area contributed by atoms with Crippen LogP contribution in [0.2, 0.25) is 5.02 Å². The molecule has 0 aromatic heterocycles. The van der Waals surface area contributed by atoms with Gasteiger partial charge in [-0.3, -0.25) is 5.21 Å². The first-order valence-corrected chi connectivity index (χ1v) is 3.62. The molecule has 0 saturated heterocycles. The lowest BCUT2D eigenvalue weighted by Gasteiger charge is -2.23. The van der Waals surface area contributed by atoms with Crippen LogP contribution in [0, 0.1) is 12.1 Å². The van der Waals surface area contributed by atoms with E-state index in [0.29, 0.717) is 10.6 Å². The number of hydrogen-bond donors (Lipinski definition) is 2. The second kappa shape index (κ2) is 3.18. The van der Waals surface area contributed by atoms with Gasteiger partial charge in [-0.15, -0.1) is 0 Å². The van der Waals surface area contributed by atoms with E-state index < -0.39 is 0 Å². The smallest absolute Gasteiger partial charge is 0.0742 e. The molecular formula is C7H8ClN2O2-. The molecule has 0 saturated carbocycles. The maximum atomic E-state index is 10.5. The molecule has 66 valence electrons. The van der Waals surface area contributed by atoms with Gasteiger partial charge in [0.2, 0.25) is 0 Å². The molecule has 0 fully saturated rings. The molecule has 0 atom stereocenters. The van der Waals surface area contributed by atoms with Gasteiger partial charge in [-0.05, 0) is 24.6 Å². The highest BCUT2D eigenvalue weighted by molar-refractivity contribution is 6.31. The summed E-state index contributed by atoms with van der Waals surface area (Å²) in [6, 6.07) is 2.85. The highest BCUT2D eigenvalue weighted by Gasteiger charge is 2.03. The molecule has 0 aliphatic carbocycles. The zero-order valence-electron chi connectivity index (χ0n) is 6.41. The number of benzene rings is 1. The minimum absolute atomic E-state index is 0.0110. The summed E-state index contributed by atoms with van der Waals surface area (Å²) in [5.74, 6) is 0. The molecule has 0 aliphatic rings. The highest BCUT2D eigenvalue weighted by Crippen LogP contribution is 2.28. The Hall–Kier alpha value is -0.970. The van der Waals surface area contributed by atoms with Crippen LogP contribution in [-0.4, -0.2) is 5.21 Å². The third-order valence-corrected chi connectivity index (χ3v) is 1.92. The molecule has 0 heterocycles. The van der Waals surface area contributed by atoms with Crippen molar-refractivity contribution in [1.29, 1.82) is 0 Å². The molecule has 0 radical (unpaired) electrons. The SMILES string of the molecule is Cc1cc(N([O-])O)c(N)cc1Cl. The minimum atomic E-state index is -0.279. The van der Waals surface area contributed by atoms with Crippen molar-refractivity contribution in [2.45, 2.75) is 6.92 Å². The van der Waals surface area contributed by atoms with Gasteiger partial charge >= 0.3 is 0 Å². The summed E-state index contributed by atoms with van der Waals surface area (Å²) in [4.78, 5) is 0. The molecule has 0 bridgehead atoms. The lowest BCUT2D eigenvalue weighted by Crippen LogP contribution is -2.09. The highest BCUT2D eigenvalue weighted by atomic mass is 35.5. The van der Waals surface area contributed by atoms with E-state index >= 15 is 0 Å². The van der Waals surface area contributed by atoms with E-state index in [-0.39, 0.29) is 16.6 Å². The topological polar surface area (TPSA) is 72.5 Å². The van der Waals surface area contributed by atoms with Crippen molar-refractivity contribution in [3.63, 3.8) is 0 Å². The molecule has 0 unspecified atom stereocenters. The van der Waals surface area contributed by atoms with Crippen molar-refractivity contribution in [3.05, 3.63) is 27.9 Å². The van der Waals surface area contributed by atoms with E-state index in [0.717, 1.165) is 0 Å². The molecule has 0 amide bonds. The molecule has 1 aromatic carbocycles. The Morgan fingerprint density at radius 1 is 1.58 bits per heavy atom. The average molecular weight is 188 g/mol. The summed E-state index contributed by atoms with van der Waals surface area (Å²) in [6.07, 6.45) is 0. The maximum absolute atomic E-state index is 10.5. The summed E-state index contributed by atoms with van der Waals surface area (Å²) in [5, 5.41) is 19.2. The van der Waals surface area contributed by atoms with Crippen molar-refractivity contribution >= 4 is 23.0 Å². The number of rotatable bonds is 1. The molecule has 0 spiro atoms. The van der Waals surface area contributed by atoms with Crippen molar-refractivity contribution in [2.75, 3.05) is 11.0 Å². The Morgan fingerprint density at radius 2 is 2.17 bits per heavy atom. The molecular weight excluding hydrogens is 180 g/mol. The van der Waals surface area contributed by atoms with Gasteiger partial charge in [-0.1, -0.05) is 11.6 Å². The largest absolute Gasteiger partial charge is 0.733 e. The van der Waals surface area contributed by atoms with E-state index in [4.69, 9.17) is 22.5 Å². The van der Waals surface area contributed by atoms with Gasteiger partial charge in [0.15, 0.2) is 0 Å². The number of hydrogen-bond acceptors (Lipinski definition) is 4. The second-order valence-electron chi connectivity index (χ2n) is 2.43. The Bertz CT molecular complexity index is 302. The third-order valence-electron chi connectivity index (χ3n) is 1.51. The van der Waals surface area contributed by atoms with Gasteiger partial charge in [0, 0.05) is 5.02 Å². The molecule has 1 rings (SSSR count). The first-order valence-electron chi connectivity index (χ1n) is 3.24. The number of nitrogens with two attached hydrogens (primary N) is 1. The normalized spacial score (nSPS) is 10.0. The van der Waals surface area contributed by atoms with Gasteiger partial charge in [-0.25, -0.2) is 0 Å². The van der Waals surface area contributed by atoms with Gasteiger partial charge in [0.1, 0.15) is 0 Å². The predicted molar refractivity (Wildman–Crippen MR) is 48.2 cm³/mol. The number of nitrogen functional groups attached to an aromatic ring is 1. The number of halogens is 1. The van der Waals surface area contributed by atoms with Gasteiger partial charge in [0.25, 0.3) is 0 Å². The van der Waals surface area contributed by atoms with E-state index in [1.165, 1.54) is 12.1 Å². The Kier molecular flexibility index (Phi) is 2.42. The Balaban J connectivity index is 3.23. The van der Waals surface area contributed by atoms with Crippen molar-refractivity contribution in [3.8, 4) is 0 Å². The van der Waals surface area contributed by atoms with Gasteiger partial charge < -0.3 is 16.2 Å². The molecule has 4 nitrogen and oxygen atoms in total. The first kappa shape index (κ1) is 9.12. The Morgan fingerprint density at radius 3 is 2.67 bits per heavy atom. The van der Waals surface area contributed by atoms with Gasteiger partial charge in [-0.2, -0.15) is 0 Å². The standard InChI is InChI=1S/C7H8ClN2O2/c1-4-2-7(10(11)12)6(9)3-5(4)8/h2-3,11H,9H2,1H3/q-1. The summed E-state index contributed by atoms with van der Waals surface area (Å²) < 4.78 is 0. The predicted octanol–water partition coefficient (Wildman–Crippen LogP) is 1.92. The minimum Gasteiger partial charge on any atom is -0.733 e. The van der Waals surface area contributed by atoms with Crippen LogP contribution in [0.5, 0.6) is 0 Å². The van der Waals surface area contributed by atoms with Crippen molar-refractivity contribution < 1.29 is 5.21 Å². The van der Waals surface area contributed by atoms with Crippen LogP contribution in [0.1, 0.15) is 5.56 Å². The first-order chi connectivity index (χ1) is 5.52. The van der Waals surface area contributed by atoms with Crippen LogP contribution in [-0.2, 0) is 0 Å². The fourth-order valence-electron chi connectivity index (χ4n) is 0.847.